The molecule has 2 aliphatic heterocycles. The van der Waals surface area contributed by atoms with E-state index in [4.69, 9.17) is 21.1 Å². The monoisotopic (exact) mass is 628 g/mol. The van der Waals surface area contributed by atoms with Crippen molar-refractivity contribution in [1.82, 2.24) is 4.72 Å². The van der Waals surface area contributed by atoms with Crippen molar-refractivity contribution in [3.05, 3.63) is 70.3 Å². The summed E-state index contributed by atoms with van der Waals surface area (Å²) >= 11 is 6.33. The lowest BCUT2D eigenvalue weighted by Gasteiger charge is -2.43. The minimum Gasteiger partial charge on any atom is -0.487 e. The summed E-state index contributed by atoms with van der Waals surface area (Å²) in [4.78, 5) is 15.9. The van der Waals surface area contributed by atoms with Gasteiger partial charge in [0.2, 0.25) is 10.0 Å². The van der Waals surface area contributed by atoms with Crippen LogP contribution in [0.4, 0.5) is 5.69 Å². The van der Waals surface area contributed by atoms with Gasteiger partial charge >= 0.3 is 0 Å². The zero-order chi connectivity index (χ0) is 30.7. The van der Waals surface area contributed by atoms with E-state index < -0.39 is 21.2 Å². The maximum Gasteiger partial charge on any atom is 0.264 e. The normalized spacial score (nSPS) is 28.7. The van der Waals surface area contributed by atoms with Gasteiger partial charge in [0, 0.05) is 30.8 Å². The van der Waals surface area contributed by atoms with Gasteiger partial charge in [-0.3, -0.25) is 4.79 Å². The van der Waals surface area contributed by atoms with Gasteiger partial charge in [-0.05, 0) is 104 Å². The number of halogens is 1. The summed E-state index contributed by atoms with van der Waals surface area (Å²) in [6.07, 6.45) is 9.79. The van der Waals surface area contributed by atoms with Gasteiger partial charge in [-0.2, -0.15) is 0 Å². The third kappa shape index (κ3) is 7.23. The van der Waals surface area contributed by atoms with Crippen molar-refractivity contribution in [1.29, 1.82) is 0 Å². The van der Waals surface area contributed by atoms with Gasteiger partial charge in [-0.1, -0.05) is 50.6 Å². The Kier molecular flexibility index (Phi) is 10.1. The number of hydrogen-bond donors (Lipinski definition) is 1. The van der Waals surface area contributed by atoms with Crippen LogP contribution >= 0.6 is 11.6 Å². The molecule has 0 saturated heterocycles. The number of carbonyl (C=O) groups is 1. The van der Waals surface area contributed by atoms with Crippen LogP contribution in [0, 0.1) is 23.7 Å². The van der Waals surface area contributed by atoms with Crippen LogP contribution < -0.4 is 14.4 Å². The molecule has 2 aromatic rings. The van der Waals surface area contributed by atoms with E-state index in [1.54, 1.807) is 13.2 Å². The van der Waals surface area contributed by atoms with Crippen molar-refractivity contribution in [3.63, 3.8) is 0 Å². The maximum absolute atomic E-state index is 13.6. The summed E-state index contributed by atoms with van der Waals surface area (Å²) < 4.78 is 42.1. The summed E-state index contributed by atoms with van der Waals surface area (Å²) in [5.74, 6) is 0.508. The second-order valence-corrected chi connectivity index (χ2v) is 15.1. The lowest BCUT2D eigenvalue weighted by Crippen LogP contribution is -2.45. The Balaban J connectivity index is 1.56. The van der Waals surface area contributed by atoms with Crippen molar-refractivity contribution in [3.8, 4) is 5.75 Å². The molecule has 0 spiro atoms. The molecular weight excluding hydrogens is 584 g/mol. The number of amides is 1. The molecule has 1 aliphatic carbocycles. The first kappa shape index (κ1) is 31.9. The van der Waals surface area contributed by atoms with E-state index in [9.17, 15) is 13.2 Å². The van der Waals surface area contributed by atoms with E-state index in [1.807, 2.05) is 51.1 Å². The Morgan fingerprint density at radius 3 is 2.63 bits per heavy atom. The molecule has 0 aromatic heterocycles. The van der Waals surface area contributed by atoms with Crippen molar-refractivity contribution < 1.29 is 22.7 Å². The number of hydrogen-bond acceptors (Lipinski definition) is 6. The highest BCUT2D eigenvalue weighted by Gasteiger charge is 2.39. The van der Waals surface area contributed by atoms with Gasteiger partial charge in [0.15, 0.2) is 0 Å². The number of fused-ring (bicyclic) bond motifs is 3. The molecule has 2 aromatic carbocycles. The molecule has 9 heteroatoms. The van der Waals surface area contributed by atoms with Crippen LogP contribution in [-0.2, 0) is 27.8 Å². The van der Waals surface area contributed by atoms with Crippen molar-refractivity contribution in [2.24, 2.45) is 23.7 Å². The minimum atomic E-state index is -3.95. The number of sulfonamides is 1. The first-order chi connectivity index (χ1) is 20.6. The molecular formula is C34H45ClN2O5S. The highest BCUT2D eigenvalue weighted by molar-refractivity contribution is 7.90. The Hall–Kier alpha value is -2.55. The van der Waals surface area contributed by atoms with Crippen LogP contribution in [0.15, 0.2) is 48.6 Å². The number of ether oxygens (including phenoxy) is 2. The Labute approximate surface area is 262 Å². The quantitative estimate of drug-likeness (QED) is 0.369. The summed E-state index contributed by atoms with van der Waals surface area (Å²) in [6, 6.07) is 11.2. The number of methoxy groups -OCH3 is 1. The van der Waals surface area contributed by atoms with Gasteiger partial charge in [0.05, 0.1) is 17.0 Å². The van der Waals surface area contributed by atoms with E-state index in [-0.39, 0.29) is 17.9 Å². The Bertz CT molecular complexity index is 1440. The average Bonchev–Trinajstić information content (AvgIpc) is 2.96. The molecule has 5 rings (SSSR count). The number of aryl methyl sites for hydroxylation is 1. The molecule has 7 nitrogen and oxygen atoms in total. The largest absolute Gasteiger partial charge is 0.487 e. The van der Waals surface area contributed by atoms with Crippen LogP contribution in [0.25, 0.3) is 0 Å². The van der Waals surface area contributed by atoms with Crippen LogP contribution in [0.1, 0.15) is 74.4 Å². The van der Waals surface area contributed by atoms with Gasteiger partial charge < -0.3 is 14.4 Å². The number of allylic oxidation sites excluding steroid dienone is 1. The van der Waals surface area contributed by atoms with Gasteiger partial charge in [-0.15, -0.1) is 0 Å². The fraction of sp³-hybridized carbons (Fsp3) is 0.559. The first-order valence-electron chi connectivity index (χ1n) is 15.6. The fourth-order valence-electron chi connectivity index (χ4n) is 7.15. The summed E-state index contributed by atoms with van der Waals surface area (Å²) in [6.45, 7) is 7.71. The van der Waals surface area contributed by atoms with Crippen molar-refractivity contribution in [2.45, 2.75) is 77.3 Å². The number of rotatable bonds is 2. The van der Waals surface area contributed by atoms with Gasteiger partial charge in [0.25, 0.3) is 5.91 Å². The molecule has 1 fully saturated rings. The van der Waals surface area contributed by atoms with Crippen LogP contribution in [-0.4, -0.2) is 45.9 Å². The van der Waals surface area contributed by atoms with Gasteiger partial charge in [-0.25, -0.2) is 13.1 Å². The Morgan fingerprint density at radius 2 is 1.91 bits per heavy atom. The predicted octanol–water partition coefficient (Wildman–Crippen LogP) is 6.78. The highest BCUT2D eigenvalue weighted by Crippen LogP contribution is 2.42. The summed E-state index contributed by atoms with van der Waals surface area (Å²) in [5, 5.41) is -0.00251. The number of nitrogens with zero attached hydrogens (tertiary/aromatic N) is 1. The van der Waals surface area contributed by atoms with Gasteiger partial charge in [0.1, 0.15) is 12.4 Å². The van der Waals surface area contributed by atoms with Crippen molar-refractivity contribution >= 4 is 33.2 Å². The van der Waals surface area contributed by atoms with Crippen molar-refractivity contribution in [2.75, 3.05) is 25.1 Å². The topological polar surface area (TPSA) is 84.9 Å². The first-order valence-corrected chi connectivity index (χ1v) is 17.5. The fourth-order valence-corrected chi connectivity index (χ4v) is 9.30. The molecule has 2 bridgehead atoms. The number of nitrogens with one attached hydrogen (secondary N) is 1. The van der Waals surface area contributed by atoms with E-state index in [0.29, 0.717) is 36.2 Å². The molecule has 1 saturated carbocycles. The Morgan fingerprint density at radius 1 is 1.09 bits per heavy atom. The third-order valence-corrected chi connectivity index (χ3v) is 11.9. The second-order valence-electron chi connectivity index (χ2n) is 12.8. The molecule has 0 unspecified atom stereocenters. The molecule has 5 atom stereocenters. The average molecular weight is 629 g/mol. The molecule has 1 amide bonds. The summed E-state index contributed by atoms with van der Waals surface area (Å²) in [7, 11) is -2.19. The zero-order valence-corrected chi connectivity index (χ0v) is 27.3. The van der Waals surface area contributed by atoms with E-state index in [2.05, 4.69) is 21.8 Å². The molecule has 2 heterocycles. The number of carbonyl (C=O) groups excluding carboxylic acids is 1. The van der Waals surface area contributed by atoms with E-state index in [1.165, 1.54) is 5.56 Å². The standard InChI is InChI=1S/C34H45ClN2O5S/c1-22(2)33-23(3)8-7-10-31(41-4)29-15-12-26(29)20-37-17-6-5-9-24-18-28(35)14-11-27(24)21-42-32-16-13-25(19-30(32)37)34(38)36-43(33,39)40/h7,10-11,13-14,16,18-19,22-23,26,29,31,33H,5-6,8-9,12,15,17,20-21H2,1-4H3,(H,36,38)/b10-7+/t23-,26+,29-,31+,33-/m1/s1. The molecule has 234 valence electrons. The van der Waals surface area contributed by atoms with Crippen LogP contribution in [0.5, 0.6) is 5.75 Å². The lowest BCUT2D eigenvalue weighted by atomic mass is 9.70. The zero-order valence-electron chi connectivity index (χ0n) is 25.7. The smallest absolute Gasteiger partial charge is 0.264 e. The maximum atomic E-state index is 13.6. The second kappa shape index (κ2) is 13.6. The molecule has 1 N–H and O–H groups in total. The van der Waals surface area contributed by atoms with Crippen LogP contribution in [0.2, 0.25) is 5.02 Å². The predicted molar refractivity (Wildman–Crippen MR) is 172 cm³/mol. The number of benzene rings is 2. The van der Waals surface area contributed by atoms with E-state index in [0.717, 1.165) is 61.5 Å². The molecule has 0 radical (unpaired) electrons. The lowest BCUT2D eigenvalue weighted by molar-refractivity contribution is 0.0134. The third-order valence-electron chi connectivity index (χ3n) is 9.51. The molecule has 3 aliphatic rings. The van der Waals surface area contributed by atoms with Crippen LogP contribution in [0.3, 0.4) is 0 Å². The highest BCUT2D eigenvalue weighted by atomic mass is 35.5. The van der Waals surface area contributed by atoms with E-state index >= 15 is 0 Å². The number of anilines is 1. The SMILES string of the molecule is CO[C@H]1/C=C/C[C@@H](C)[C@@H](C(C)C)S(=O)(=O)NC(=O)c2ccc3c(c2)N(CCCCc2cc(Cl)ccc2CO3)C[C@@H]2CC[C@H]21. The minimum absolute atomic E-state index is 0.0297. The molecule has 43 heavy (non-hydrogen) atoms. The summed E-state index contributed by atoms with van der Waals surface area (Å²) in [5.41, 5.74) is 3.41.